The van der Waals surface area contributed by atoms with Crippen LogP contribution in [0.2, 0.25) is 0 Å². The second-order valence-electron chi connectivity index (χ2n) is 2.07. The molecule has 0 aliphatic rings. The van der Waals surface area contributed by atoms with Gasteiger partial charge in [-0.2, -0.15) is 0 Å². The number of aliphatic imine (C=N–C) groups is 1. The monoisotopic (exact) mass is 127 g/mol. The van der Waals surface area contributed by atoms with E-state index >= 15 is 0 Å². The largest absolute Gasteiger partial charge is 0.297 e. The molecule has 0 amide bonds. The van der Waals surface area contributed by atoms with Crippen LogP contribution in [0.4, 0.5) is 0 Å². The molecule has 1 atom stereocenters. The Kier molecular flexibility index (Phi) is 3.93. The van der Waals surface area contributed by atoms with Gasteiger partial charge < -0.3 is 0 Å². The van der Waals surface area contributed by atoms with Gasteiger partial charge in [0.25, 0.3) is 0 Å². The molecule has 0 N–H and O–H groups in total. The van der Waals surface area contributed by atoms with E-state index in [0.29, 0.717) is 6.42 Å². The van der Waals surface area contributed by atoms with Crippen molar-refractivity contribution >= 4 is 12.5 Å². The van der Waals surface area contributed by atoms with Crippen LogP contribution >= 0.6 is 0 Å². The molecule has 0 radical (unpaired) electrons. The molecule has 0 spiro atoms. The zero-order valence-electron chi connectivity index (χ0n) is 6.05. The summed E-state index contributed by atoms with van der Waals surface area (Å²) in [5, 5.41) is 0. The van der Waals surface area contributed by atoms with Crippen molar-refractivity contribution in [3.8, 4) is 0 Å². The van der Waals surface area contributed by atoms with Crippen molar-refractivity contribution in [3.63, 3.8) is 0 Å². The summed E-state index contributed by atoms with van der Waals surface area (Å²) < 4.78 is 0. The van der Waals surface area contributed by atoms with Crippen LogP contribution in [-0.4, -0.2) is 18.5 Å². The predicted octanol–water partition coefficient (Wildman–Crippen LogP) is 1.44. The van der Waals surface area contributed by atoms with Crippen molar-refractivity contribution < 1.29 is 4.79 Å². The summed E-state index contributed by atoms with van der Waals surface area (Å²) in [6.07, 6.45) is 1.53. The lowest BCUT2D eigenvalue weighted by molar-refractivity contribution is -0.119. The molecule has 52 valence electrons. The first-order valence-electron chi connectivity index (χ1n) is 3.21. The molecule has 0 bridgehead atoms. The first-order chi connectivity index (χ1) is 4.22. The molecule has 9 heavy (non-hydrogen) atoms. The fourth-order valence-corrected chi connectivity index (χ4v) is 0.557. The second-order valence-corrected chi connectivity index (χ2v) is 2.07. The maximum Gasteiger partial charge on any atom is 0.156 e. The van der Waals surface area contributed by atoms with Gasteiger partial charge in [-0.15, -0.1) is 0 Å². The van der Waals surface area contributed by atoms with Crippen LogP contribution in [0.25, 0.3) is 0 Å². The van der Waals surface area contributed by atoms with Crippen LogP contribution in [0.15, 0.2) is 4.99 Å². The van der Waals surface area contributed by atoms with Crippen LogP contribution in [0.3, 0.4) is 0 Å². The lowest BCUT2D eigenvalue weighted by Crippen LogP contribution is -2.12. The molecule has 0 unspecified atom stereocenters. The Labute approximate surface area is 56.0 Å². The molecular formula is C7H13NO. The normalized spacial score (nSPS) is 12.7. The van der Waals surface area contributed by atoms with E-state index in [0.717, 1.165) is 6.42 Å². The Hall–Kier alpha value is -0.660. The first kappa shape index (κ1) is 8.34. The van der Waals surface area contributed by atoms with Gasteiger partial charge in [0.15, 0.2) is 5.78 Å². The maximum atomic E-state index is 10.8. The summed E-state index contributed by atoms with van der Waals surface area (Å²) in [6, 6.07) is -0.204. The molecular weight excluding hydrogens is 114 g/mol. The van der Waals surface area contributed by atoms with E-state index in [4.69, 9.17) is 0 Å². The summed E-state index contributed by atoms with van der Waals surface area (Å²) in [7, 11) is 0. The molecule has 0 heterocycles. The number of ketones is 1. The zero-order valence-corrected chi connectivity index (χ0v) is 6.05. The molecule has 2 heteroatoms. The highest BCUT2D eigenvalue weighted by Gasteiger charge is 2.06. The number of nitrogens with zero attached hydrogens (tertiary/aromatic N) is 1. The van der Waals surface area contributed by atoms with Gasteiger partial charge in [0.2, 0.25) is 0 Å². The molecule has 2 nitrogen and oxygen atoms in total. The topological polar surface area (TPSA) is 29.4 Å². The lowest BCUT2D eigenvalue weighted by atomic mass is 10.1. The van der Waals surface area contributed by atoms with E-state index in [1.165, 1.54) is 0 Å². The molecule has 0 aromatic heterocycles. The van der Waals surface area contributed by atoms with Crippen LogP contribution in [0.5, 0.6) is 0 Å². The van der Waals surface area contributed by atoms with E-state index < -0.39 is 0 Å². The van der Waals surface area contributed by atoms with Gasteiger partial charge >= 0.3 is 0 Å². The van der Waals surface area contributed by atoms with E-state index in [1.807, 2.05) is 6.92 Å². The van der Waals surface area contributed by atoms with Gasteiger partial charge in [-0.05, 0) is 20.1 Å². The van der Waals surface area contributed by atoms with Crippen LogP contribution in [0.1, 0.15) is 26.7 Å². The van der Waals surface area contributed by atoms with E-state index in [9.17, 15) is 4.79 Å². The highest BCUT2D eigenvalue weighted by molar-refractivity contribution is 5.84. The van der Waals surface area contributed by atoms with Crippen LogP contribution < -0.4 is 0 Å². The van der Waals surface area contributed by atoms with Gasteiger partial charge in [0, 0.05) is 6.42 Å². The number of carbonyl (C=O) groups excluding carboxylic acids is 1. The maximum absolute atomic E-state index is 10.8. The van der Waals surface area contributed by atoms with Gasteiger partial charge in [-0.3, -0.25) is 9.79 Å². The SMILES string of the molecule is C=N[C@@H](C)C(=O)CCC. The van der Waals surface area contributed by atoms with Crippen molar-refractivity contribution in [2.75, 3.05) is 0 Å². The van der Waals surface area contributed by atoms with Crippen molar-refractivity contribution in [3.05, 3.63) is 0 Å². The lowest BCUT2D eigenvalue weighted by Gasteiger charge is -2.00. The third-order valence-electron chi connectivity index (χ3n) is 1.24. The fourth-order valence-electron chi connectivity index (χ4n) is 0.557. The van der Waals surface area contributed by atoms with Crippen LogP contribution in [0, 0.1) is 0 Å². The Morgan fingerprint density at radius 3 is 2.67 bits per heavy atom. The molecule has 0 aliphatic carbocycles. The minimum Gasteiger partial charge on any atom is -0.297 e. The summed E-state index contributed by atoms with van der Waals surface area (Å²) >= 11 is 0. The molecule has 0 aromatic carbocycles. The number of Topliss-reactive ketones (excluding diaryl/α,β-unsaturated/α-hetero) is 1. The summed E-state index contributed by atoms with van der Waals surface area (Å²) in [5.74, 6) is 0.188. The molecule has 0 aliphatic heterocycles. The Bertz CT molecular complexity index is 109. The molecule has 0 fully saturated rings. The third kappa shape index (κ3) is 3.01. The quantitative estimate of drug-likeness (QED) is 0.525. The second kappa shape index (κ2) is 4.24. The zero-order chi connectivity index (χ0) is 7.28. The number of carbonyl (C=O) groups is 1. The molecule has 0 aromatic rings. The van der Waals surface area contributed by atoms with Gasteiger partial charge in [0.05, 0.1) is 0 Å². The van der Waals surface area contributed by atoms with Gasteiger partial charge in [0.1, 0.15) is 6.04 Å². The van der Waals surface area contributed by atoms with Gasteiger partial charge in [-0.25, -0.2) is 0 Å². The number of rotatable bonds is 4. The van der Waals surface area contributed by atoms with E-state index in [-0.39, 0.29) is 11.8 Å². The van der Waals surface area contributed by atoms with Crippen molar-refractivity contribution in [2.24, 2.45) is 4.99 Å². The van der Waals surface area contributed by atoms with Gasteiger partial charge in [-0.1, -0.05) is 6.92 Å². The third-order valence-corrected chi connectivity index (χ3v) is 1.24. The minimum atomic E-state index is -0.204. The highest BCUT2D eigenvalue weighted by Crippen LogP contribution is 1.97. The van der Waals surface area contributed by atoms with Crippen molar-refractivity contribution in [2.45, 2.75) is 32.7 Å². The summed E-state index contributed by atoms with van der Waals surface area (Å²) in [5.41, 5.74) is 0. The Morgan fingerprint density at radius 1 is 1.78 bits per heavy atom. The summed E-state index contributed by atoms with van der Waals surface area (Å²) in [4.78, 5) is 14.4. The minimum absolute atomic E-state index is 0.188. The molecule has 0 rings (SSSR count). The molecule has 0 saturated heterocycles. The number of hydrogen-bond acceptors (Lipinski definition) is 2. The average molecular weight is 127 g/mol. The standard InChI is InChI=1S/C7H13NO/c1-4-5-7(9)6(2)8-3/h6H,3-5H2,1-2H3/t6-/m0/s1. The van der Waals surface area contributed by atoms with E-state index in [1.54, 1.807) is 6.92 Å². The van der Waals surface area contributed by atoms with Crippen molar-refractivity contribution in [1.82, 2.24) is 0 Å². The molecule has 0 saturated carbocycles. The highest BCUT2D eigenvalue weighted by atomic mass is 16.1. The Morgan fingerprint density at radius 2 is 2.33 bits per heavy atom. The average Bonchev–Trinajstić information content (AvgIpc) is 1.87. The first-order valence-corrected chi connectivity index (χ1v) is 3.21. The fraction of sp³-hybridized carbons (Fsp3) is 0.714. The Balaban J connectivity index is 3.58. The smallest absolute Gasteiger partial charge is 0.156 e. The number of hydrogen-bond donors (Lipinski definition) is 0. The van der Waals surface area contributed by atoms with E-state index in [2.05, 4.69) is 11.7 Å². The van der Waals surface area contributed by atoms with Crippen LogP contribution in [-0.2, 0) is 4.79 Å². The summed E-state index contributed by atoms with van der Waals surface area (Å²) in [6.45, 7) is 7.04. The predicted molar refractivity (Wildman–Crippen MR) is 38.9 cm³/mol. The van der Waals surface area contributed by atoms with Crippen molar-refractivity contribution in [1.29, 1.82) is 0 Å².